The van der Waals surface area contributed by atoms with Gasteiger partial charge in [0.25, 0.3) is 0 Å². The van der Waals surface area contributed by atoms with Gasteiger partial charge >= 0.3 is 12.1 Å². The van der Waals surface area contributed by atoms with Crippen LogP contribution in [0.15, 0.2) is 48.5 Å². The highest BCUT2D eigenvalue weighted by Gasteiger charge is 2.29. The van der Waals surface area contributed by atoms with Gasteiger partial charge in [-0.15, -0.1) is 0 Å². The molecule has 2 aromatic rings. The van der Waals surface area contributed by atoms with E-state index in [2.05, 4.69) is 34.9 Å². The Morgan fingerprint density at radius 1 is 0.914 bits per heavy atom. The lowest BCUT2D eigenvalue weighted by molar-refractivity contribution is -0.137. The zero-order valence-corrected chi connectivity index (χ0v) is 20.8. The van der Waals surface area contributed by atoms with Gasteiger partial charge in [0.2, 0.25) is 5.91 Å². The molecule has 35 heavy (non-hydrogen) atoms. The van der Waals surface area contributed by atoms with E-state index < -0.39 is 12.1 Å². The van der Waals surface area contributed by atoms with Crippen molar-refractivity contribution < 1.29 is 24.2 Å². The summed E-state index contributed by atoms with van der Waals surface area (Å²) >= 11 is 0. The molecule has 0 aromatic heterocycles. The number of carboxylic acid groups (broad SMARTS) is 1. The van der Waals surface area contributed by atoms with Gasteiger partial charge in [0.1, 0.15) is 6.61 Å². The zero-order chi connectivity index (χ0) is 25.4. The normalized spacial score (nSPS) is 14.1. The molecule has 2 atom stereocenters. The number of hydrogen-bond donors (Lipinski definition) is 3. The molecule has 0 bridgehead atoms. The molecule has 0 aliphatic heterocycles. The summed E-state index contributed by atoms with van der Waals surface area (Å²) in [5.41, 5.74) is 4.64. The first-order chi connectivity index (χ1) is 16.8. The number of benzene rings is 2. The van der Waals surface area contributed by atoms with Crippen molar-refractivity contribution in [2.24, 2.45) is 17.8 Å². The maximum atomic E-state index is 12.8. The van der Waals surface area contributed by atoms with E-state index in [1.54, 1.807) is 0 Å². The predicted molar refractivity (Wildman–Crippen MR) is 135 cm³/mol. The monoisotopic (exact) mass is 480 g/mol. The number of hydrogen-bond acceptors (Lipinski definition) is 4. The molecule has 2 amide bonds. The minimum Gasteiger partial charge on any atom is -0.481 e. The van der Waals surface area contributed by atoms with Crippen molar-refractivity contribution in [1.82, 2.24) is 10.6 Å². The van der Waals surface area contributed by atoms with Gasteiger partial charge in [0.05, 0.1) is 5.92 Å². The summed E-state index contributed by atoms with van der Waals surface area (Å²) in [6.45, 7) is 6.79. The zero-order valence-electron chi connectivity index (χ0n) is 20.8. The van der Waals surface area contributed by atoms with Crippen LogP contribution in [-0.4, -0.2) is 42.8 Å². The summed E-state index contributed by atoms with van der Waals surface area (Å²) in [5.74, 6) is -1.05. The SMILES string of the molecule is CC(C)CC(CNC(=O)OCC1c2ccccc2-c2ccccc21)C(=O)NCC(C)CCC(=O)O. The van der Waals surface area contributed by atoms with Crippen LogP contribution in [0.25, 0.3) is 11.1 Å². The average Bonchev–Trinajstić information content (AvgIpc) is 3.16. The van der Waals surface area contributed by atoms with E-state index in [4.69, 9.17) is 9.84 Å². The number of alkyl carbamates (subject to hydrolysis) is 1. The summed E-state index contributed by atoms with van der Waals surface area (Å²) in [5, 5.41) is 14.5. The smallest absolute Gasteiger partial charge is 0.407 e. The molecule has 7 heteroatoms. The first-order valence-corrected chi connectivity index (χ1v) is 12.3. The summed E-state index contributed by atoms with van der Waals surface area (Å²) in [6, 6.07) is 16.3. The Labute approximate surface area is 207 Å². The van der Waals surface area contributed by atoms with Gasteiger partial charge in [-0.05, 0) is 46.9 Å². The topological polar surface area (TPSA) is 105 Å². The number of fused-ring (bicyclic) bond motifs is 3. The molecular formula is C28H36N2O5. The second kappa shape index (κ2) is 12.4. The molecule has 0 radical (unpaired) electrons. The van der Waals surface area contributed by atoms with Gasteiger partial charge in [0.15, 0.2) is 0 Å². The Morgan fingerprint density at radius 2 is 1.51 bits per heavy atom. The van der Waals surface area contributed by atoms with E-state index in [0.29, 0.717) is 19.4 Å². The van der Waals surface area contributed by atoms with Crippen molar-refractivity contribution in [2.45, 2.75) is 46.0 Å². The van der Waals surface area contributed by atoms with Crippen LogP contribution in [0.5, 0.6) is 0 Å². The molecule has 2 aromatic carbocycles. The lowest BCUT2D eigenvalue weighted by atomic mass is 9.95. The van der Waals surface area contributed by atoms with Gasteiger partial charge in [0, 0.05) is 25.4 Å². The fourth-order valence-corrected chi connectivity index (χ4v) is 4.60. The van der Waals surface area contributed by atoms with E-state index in [9.17, 15) is 14.4 Å². The summed E-state index contributed by atoms with van der Waals surface area (Å²) in [6.07, 6.45) is 0.667. The van der Waals surface area contributed by atoms with Gasteiger partial charge in [-0.25, -0.2) is 4.79 Å². The summed E-state index contributed by atoms with van der Waals surface area (Å²) < 4.78 is 5.59. The molecule has 0 saturated heterocycles. The Bertz CT molecular complexity index is 990. The third-order valence-electron chi connectivity index (χ3n) is 6.44. The van der Waals surface area contributed by atoms with Gasteiger partial charge in [-0.3, -0.25) is 9.59 Å². The van der Waals surface area contributed by atoms with Crippen LogP contribution in [0, 0.1) is 17.8 Å². The minimum absolute atomic E-state index is 0.0183. The second-order valence-electron chi connectivity index (χ2n) is 9.82. The number of ether oxygens (including phenoxy) is 1. The number of carbonyl (C=O) groups is 3. The predicted octanol–water partition coefficient (Wildman–Crippen LogP) is 4.80. The molecule has 7 nitrogen and oxygen atoms in total. The minimum atomic E-state index is -0.840. The van der Waals surface area contributed by atoms with Crippen LogP contribution in [0.4, 0.5) is 4.79 Å². The van der Waals surface area contributed by atoms with Crippen LogP contribution < -0.4 is 10.6 Å². The molecule has 0 spiro atoms. The third kappa shape index (κ3) is 7.31. The van der Waals surface area contributed by atoms with Crippen LogP contribution in [0.2, 0.25) is 0 Å². The quantitative estimate of drug-likeness (QED) is 0.405. The number of nitrogens with one attached hydrogen (secondary N) is 2. The van der Waals surface area contributed by atoms with Gasteiger partial charge in [-0.2, -0.15) is 0 Å². The number of carboxylic acids is 1. The van der Waals surface area contributed by atoms with Crippen LogP contribution in [0.3, 0.4) is 0 Å². The molecule has 1 aliphatic carbocycles. The van der Waals surface area contributed by atoms with E-state index in [0.717, 1.165) is 11.1 Å². The fourth-order valence-electron chi connectivity index (χ4n) is 4.60. The van der Waals surface area contributed by atoms with E-state index in [1.165, 1.54) is 11.1 Å². The highest BCUT2D eigenvalue weighted by atomic mass is 16.5. The van der Waals surface area contributed by atoms with E-state index >= 15 is 0 Å². The Hall–Kier alpha value is -3.35. The first kappa shape index (κ1) is 26.3. The molecule has 1 aliphatic rings. The fraction of sp³-hybridized carbons (Fsp3) is 0.464. The molecule has 3 N–H and O–H groups in total. The highest BCUT2D eigenvalue weighted by molar-refractivity contribution is 5.80. The van der Waals surface area contributed by atoms with Crippen molar-refractivity contribution in [3.05, 3.63) is 59.7 Å². The molecule has 3 rings (SSSR count). The molecule has 188 valence electrons. The Kier molecular flexibility index (Phi) is 9.29. The second-order valence-corrected chi connectivity index (χ2v) is 9.82. The maximum absolute atomic E-state index is 12.8. The van der Waals surface area contributed by atoms with E-state index in [1.807, 2.05) is 45.0 Å². The van der Waals surface area contributed by atoms with Crippen LogP contribution in [-0.2, 0) is 14.3 Å². The average molecular weight is 481 g/mol. The number of aliphatic carboxylic acids is 1. The largest absolute Gasteiger partial charge is 0.481 e. The lowest BCUT2D eigenvalue weighted by Gasteiger charge is -2.21. The van der Waals surface area contributed by atoms with Crippen molar-refractivity contribution in [1.29, 1.82) is 0 Å². The first-order valence-electron chi connectivity index (χ1n) is 12.3. The van der Waals surface area contributed by atoms with Crippen molar-refractivity contribution in [2.75, 3.05) is 19.7 Å². The summed E-state index contributed by atoms with van der Waals surface area (Å²) in [4.78, 5) is 36.0. The lowest BCUT2D eigenvalue weighted by Crippen LogP contribution is -2.41. The highest BCUT2D eigenvalue weighted by Crippen LogP contribution is 2.44. The number of amides is 2. The van der Waals surface area contributed by atoms with Crippen LogP contribution in [0.1, 0.15) is 57.1 Å². The number of rotatable bonds is 12. The maximum Gasteiger partial charge on any atom is 0.407 e. The third-order valence-corrected chi connectivity index (χ3v) is 6.44. The summed E-state index contributed by atoms with van der Waals surface area (Å²) in [7, 11) is 0. The molecule has 2 unspecified atom stereocenters. The van der Waals surface area contributed by atoms with Crippen molar-refractivity contribution in [3.63, 3.8) is 0 Å². The Morgan fingerprint density at radius 3 is 2.09 bits per heavy atom. The van der Waals surface area contributed by atoms with Crippen molar-refractivity contribution >= 4 is 18.0 Å². The van der Waals surface area contributed by atoms with Crippen LogP contribution >= 0.6 is 0 Å². The molecule has 0 fully saturated rings. The standard InChI is InChI=1S/C28H36N2O5/c1-18(2)14-20(27(33)29-15-19(3)12-13-26(31)32)16-30-28(34)35-17-25-23-10-6-4-8-21(23)22-9-5-7-11-24(22)25/h4-11,18-20,25H,12-17H2,1-3H3,(H,29,33)(H,30,34)(H,31,32). The molecular weight excluding hydrogens is 444 g/mol. The van der Waals surface area contributed by atoms with Gasteiger partial charge < -0.3 is 20.5 Å². The Balaban J connectivity index is 1.52. The van der Waals surface area contributed by atoms with E-state index in [-0.39, 0.29) is 49.2 Å². The van der Waals surface area contributed by atoms with Crippen molar-refractivity contribution in [3.8, 4) is 11.1 Å². The molecule has 0 saturated carbocycles. The van der Waals surface area contributed by atoms with Gasteiger partial charge in [-0.1, -0.05) is 69.3 Å². The number of carbonyl (C=O) groups excluding carboxylic acids is 2. The molecule has 0 heterocycles.